The van der Waals surface area contributed by atoms with Gasteiger partial charge in [0.2, 0.25) is 0 Å². The number of anilines is 2. The fourth-order valence-electron chi connectivity index (χ4n) is 2.69. The summed E-state index contributed by atoms with van der Waals surface area (Å²) in [6.07, 6.45) is 3.42. The van der Waals surface area contributed by atoms with E-state index in [-0.39, 0.29) is 6.10 Å². The summed E-state index contributed by atoms with van der Waals surface area (Å²) in [4.78, 5) is 8.85. The molecule has 0 radical (unpaired) electrons. The van der Waals surface area contributed by atoms with Crippen LogP contribution in [0.1, 0.15) is 25.7 Å². The predicted octanol–water partition coefficient (Wildman–Crippen LogP) is 2.44. The Morgan fingerprint density at radius 1 is 1.05 bits per heavy atom. The van der Waals surface area contributed by atoms with Gasteiger partial charge in [0.1, 0.15) is 11.6 Å². The largest absolute Gasteiger partial charge is 0.393 e. The Bertz CT molecular complexity index is 594. The van der Waals surface area contributed by atoms with E-state index in [0.717, 1.165) is 37.1 Å². The number of nitrogens with zero attached hydrogens (tertiary/aromatic N) is 2. The number of nitrogens with one attached hydrogen (secondary N) is 1. The van der Waals surface area contributed by atoms with Crippen LogP contribution in [-0.2, 0) is 0 Å². The molecule has 1 aromatic heterocycles. The van der Waals surface area contributed by atoms with Crippen LogP contribution in [0.4, 0.5) is 11.6 Å². The summed E-state index contributed by atoms with van der Waals surface area (Å²) in [5.74, 6) is 1.85. The number of aromatic nitrogens is 2. The summed E-state index contributed by atoms with van der Waals surface area (Å²) in [5.41, 5.74) is 6.84. The second kappa shape index (κ2) is 6.10. The maximum absolute atomic E-state index is 9.56. The average molecular weight is 284 g/mol. The van der Waals surface area contributed by atoms with Crippen molar-refractivity contribution in [3.8, 4) is 11.4 Å². The highest BCUT2D eigenvalue weighted by Gasteiger charge is 2.19. The first-order chi connectivity index (χ1) is 10.2. The molecule has 1 aliphatic carbocycles. The van der Waals surface area contributed by atoms with Crippen LogP contribution in [-0.4, -0.2) is 27.2 Å². The Hall–Kier alpha value is -2.14. The molecule has 4 N–H and O–H groups in total. The summed E-state index contributed by atoms with van der Waals surface area (Å²) in [5, 5.41) is 13.0. The zero-order chi connectivity index (χ0) is 14.7. The average Bonchev–Trinajstić information content (AvgIpc) is 2.50. The molecule has 0 bridgehead atoms. The second-order valence-corrected chi connectivity index (χ2v) is 5.52. The molecule has 0 aliphatic heterocycles. The maximum atomic E-state index is 9.56. The van der Waals surface area contributed by atoms with Gasteiger partial charge in [-0.05, 0) is 25.7 Å². The molecular formula is C16H20N4O. The summed E-state index contributed by atoms with van der Waals surface area (Å²) in [6, 6.07) is 11.9. The van der Waals surface area contributed by atoms with Gasteiger partial charge in [0.15, 0.2) is 5.82 Å². The lowest BCUT2D eigenvalue weighted by Gasteiger charge is -2.26. The molecule has 5 heteroatoms. The lowest BCUT2D eigenvalue weighted by atomic mass is 9.93. The summed E-state index contributed by atoms with van der Waals surface area (Å²) < 4.78 is 0. The van der Waals surface area contributed by atoms with Crippen molar-refractivity contribution in [2.75, 3.05) is 11.1 Å². The van der Waals surface area contributed by atoms with Crippen LogP contribution in [0.5, 0.6) is 0 Å². The van der Waals surface area contributed by atoms with E-state index in [9.17, 15) is 5.11 Å². The minimum absolute atomic E-state index is 0.154. The molecule has 3 rings (SSSR count). The zero-order valence-electron chi connectivity index (χ0n) is 11.9. The molecule has 1 heterocycles. The van der Waals surface area contributed by atoms with E-state index in [2.05, 4.69) is 15.3 Å². The van der Waals surface area contributed by atoms with Crippen molar-refractivity contribution in [2.45, 2.75) is 37.8 Å². The third kappa shape index (κ3) is 3.49. The first-order valence-electron chi connectivity index (χ1n) is 7.35. The quantitative estimate of drug-likeness (QED) is 0.806. The van der Waals surface area contributed by atoms with Gasteiger partial charge in [0.25, 0.3) is 0 Å². The predicted molar refractivity (Wildman–Crippen MR) is 83.8 cm³/mol. The van der Waals surface area contributed by atoms with Crippen molar-refractivity contribution in [3.63, 3.8) is 0 Å². The van der Waals surface area contributed by atoms with Crippen molar-refractivity contribution in [1.82, 2.24) is 9.97 Å². The first kappa shape index (κ1) is 13.8. The molecule has 0 atom stereocenters. The van der Waals surface area contributed by atoms with Gasteiger partial charge in [-0.25, -0.2) is 9.97 Å². The number of rotatable bonds is 3. The van der Waals surface area contributed by atoms with Crippen LogP contribution >= 0.6 is 0 Å². The maximum Gasteiger partial charge on any atom is 0.163 e. The number of hydrogen-bond donors (Lipinski definition) is 3. The van der Waals surface area contributed by atoms with Crippen molar-refractivity contribution in [3.05, 3.63) is 36.4 Å². The number of nitrogens with two attached hydrogens (primary N) is 1. The molecule has 2 aromatic rings. The molecule has 5 nitrogen and oxygen atoms in total. The Labute approximate surface area is 124 Å². The van der Waals surface area contributed by atoms with Crippen molar-refractivity contribution >= 4 is 11.6 Å². The van der Waals surface area contributed by atoms with Gasteiger partial charge in [-0.3, -0.25) is 0 Å². The van der Waals surface area contributed by atoms with Crippen LogP contribution in [0.15, 0.2) is 36.4 Å². The number of aliphatic hydroxyl groups excluding tert-OH is 1. The fraction of sp³-hybridized carbons (Fsp3) is 0.375. The first-order valence-corrected chi connectivity index (χ1v) is 7.35. The van der Waals surface area contributed by atoms with Gasteiger partial charge in [-0.1, -0.05) is 30.3 Å². The highest BCUT2D eigenvalue weighted by molar-refractivity contribution is 5.60. The molecular weight excluding hydrogens is 264 g/mol. The van der Waals surface area contributed by atoms with Gasteiger partial charge in [0.05, 0.1) is 6.10 Å². The lowest BCUT2D eigenvalue weighted by molar-refractivity contribution is 0.126. The third-order valence-electron chi connectivity index (χ3n) is 3.83. The van der Waals surface area contributed by atoms with Crippen LogP contribution in [0.3, 0.4) is 0 Å². The smallest absolute Gasteiger partial charge is 0.163 e. The van der Waals surface area contributed by atoms with Crippen LogP contribution in [0.25, 0.3) is 11.4 Å². The normalized spacial score (nSPS) is 22.0. The molecule has 21 heavy (non-hydrogen) atoms. The second-order valence-electron chi connectivity index (χ2n) is 5.52. The zero-order valence-corrected chi connectivity index (χ0v) is 11.9. The fourth-order valence-corrected chi connectivity index (χ4v) is 2.69. The number of nitrogen functional groups attached to an aromatic ring is 1. The van der Waals surface area contributed by atoms with Crippen LogP contribution in [0, 0.1) is 0 Å². The van der Waals surface area contributed by atoms with E-state index >= 15 is 0 Å². The Morgan fingerprint density at radius 2 is 1.76 bits per heavy atom. The van der Waals surface area contributed by atoms with Gasteiger partial charge < -0.3 is 16.2 Å². The van der Waals surface area contributed by atoms with Gasteiger partial charge >= 0.3 is 0 Å². The number of hydrogen-bond acceptors (Lipinski definition) is 5. The molecule has 0 unspecified atom stereocenters. The monoisotopic (exact) mass is 284 g/mol. The van der Waals surface area contributed by atoms with Crippen LogP contribution < -0.4 is 11.1 Å². The highest BCUT2D eigenvalue weighted by atomic mass is 16.3. The van der Waals surface area contributed by atoms with E-state index in [0.29, 0.717) is 17.7 Å². The topological polar surface area (TPSA) is 84.1 Å². The third-order valence-corrected chi connectivity index (χ3v) is 3.83. The van der Waals surface area contributed by atoms with Crippen molar-refractivity contribution in [1.29, 1.82) is 0 Å². The van der Waals surface area contributed by atoms with Crippen molar-refractivity contribution < 1.29 is 5.11 Å². The minimum Gasteiger partial charge on any atom is -0.393 e. The molecule has 1 aliphatic rings. The molecule has 0 spiro atoms. The van der Waals surface area contributed by atoms with Gasteiger partial charge in [-0.15, -0.1) is 0 Å². The standard InChI is InChI=1S/C16H20N4O/c17-14-10-15(18-12-6-8-13(21)9-7-12)20-16(19-14)11-4-2-1-3-5-11/h1-5,10,12-13,21H,6-9H2,(H3,17,18,19,20). The lowest BCUT2D eigenvalue weighted by Crippen LogP contribution is -2.28. The Kier molecular flexibility index (Phi) is 4.01. The molecule has 110 valence electrons. The summed E-state index contributed by atoms with van der Waals surface area (Å²) >= 11 is 0. The minimum atomic E-state index is -0.154. The summed E-state index contributed by atoms with van der Waals surface area (Å²) in [7, 11) is 0. The Balaban J connectivity index is 1.78. The van der Waals surface area contributed by atoms with E-state index in [1.165, 1.54) is 0 Å². The van der Waals surface area contributed by atoms with E-state index in [4.69, 9.17) is 5.73 Å². The van der Waals surface area contributed by atoms with Crippen molar-refractivity contribution in [2.24, 2.45) is 0 Å². The molecule has 1 aromatic carbocycles. The highest BCUT2D eigenvalue weighted by Crippen LogP contribution is 2.23. The van der Waals surface area contributed by atoms with Gasteiger partial charge in [0, 0.05) is 17.7 Å². The summed E-state index contributed by atoms with van der Waals surface area (Å²) in [6.45, 7) is 0. The number of benzene rings is 1. The van der Waals surface area contributed by atoms with Crippen LogP contribution in [0.2, 0.25) is 0 Å². The SMILES string of the molecule is Nc1cc(NC2CCC(O)CC2)nc(-c2ccccc2)n1. The number of aliphatic hydroxyl groups is 1. The van der Waals surface area contributed by atoms with E-state index in [1.807, 2.05) is 30.3 Å². The van der Waals surface area contributed by atoms with E-state index < -0.39 is 0 Å². The van der Waals surface area contributed by atoms with E-state index in [1.54, 1.807) is 6.07 Å². The molecule has 1 saturated carbocycles. The molecule has 0 amide bonds. The molecule has 1 fully saturated rings. The molecule has 0 saturated heterocycles. The van der Waals surface area contributed by atoms with Gasteiger partial charge in [-0.2, -0.15) is 0 Å². The Morgan fingerprint density at radius 3 is 2.48 bits per heavy atom.